The smallest absolute Gasteiger partial charge is 0.0643 e. The lowest BCUT2D eigenvalue weighted by atomic mass is 10.1. The average molecular weight is 513 g/mol. The molecule has 0 aliphatic carbocycles. The summed E-state index contributed by atoms with van der Waals surface area (Å²) in [7, 11) is 0. The molecule has 0 nitrogen and oxygen atoms in total. The Labute approximate surface area is 211 Å². The van der Waals surface area contributed by atoms with Crippen LogP contribution >= 0.6 is 56.7 Å². The zero-order valence-corrected chi connectivity index (χ0v) is 21.4. The zero-order valence-electron chi connectivity index (χ0n) is 17.3. The van der Waals surface area contributed by atoms with Gasteiger partial charge in [-0.3, -0.25) is 0 Å². The van der Waals surface area contributed by atoms with Crippen LogP contribution in [0.15, 0.2) is 95.7 Å². The van der Waals surface area contributed by atoms with E-state index in [0.717, 1.165) is 0 Å². The van der Waals surface area contributed by atoms with Crippen LogP contribution in [0.25, 0.3) is 60.6 Å². The van der Waals surface area contributed by atoms with Gasteiger partial charge in [0.05, 0.1) is 28.6 Å². The van der Waals surface area contributed by atoms with Gasteiger partial charge in [0.25, 0.3) is 0 Å². The second-order valence-electron chi connectivity index (χ2n) is 7.72. The van der Waals surface area contributed by atoms with Crippen LogP contribution in [-0.4, -0.2) is 0 Å². The Morgan fingerprint density at radius 2 is 0.848 bits per heavy atom. The standard InChI is InChI=1S/C28H16S5/c1-3-9-17(10-4-1)21-23(19-13-7-15-29-19)31-27-25(21)33-26-22(18-11-5-2-6-12-18)24(32-28(26)27)20-14-8-16-30-20/h1-16H. The fraction of sp³-hybridized carbons (Fsp3) is 0. The van der Waals surface area contributed by atoms with Crippen LogP contribution in [0, 0.1) is 0 Å². The van der Waals surface area contributed by atoms with Crippen molar-refractivity contribution < 1.29 is 0 Å². The summed E-state index contributed by atoms with van der Waals surface area (Å²) >= 11 is 9.56. The fourth-order valence-corrected chi connectivity index (χ4v) is 10.6. The van der Waals surface area contributed by atoms with Gasteiger partial charge in [-0.25, -0.2) is 0 Å². The average Bonchev–Trinajstić information content (AvgIpc) is 3.67. The van der Waals surface area contributed by atoms with Crippen molar-refractivity contribution in [2.45, 2.75) is 0 Å². The third-order valence-corrected chi connectivity index (χ3v) is 11.9. The minimum atomic E-state index is 1.31. The number of benzene rings is 2. The van der Waals surface area contributed by atoms with E-state index in [1.54, 1.807) is 0 Å². The van der Waals surface area contributed by atoms with Crippen molar-refractivity contribution in [3.63, 3.8) is 0 Å². The highest BCUT2D eigenvalue weighted by molar-refractivity contribution is 7.42. The van der Waals surface area contributed by atoms with E-state index in [-0.39, 0.29) is 0 Å². The SMILES string of the molecule is c1ccc(-c2c(-c3cccs3)sc3c2sc2c(-c4ccccc4)c(-c4cccs4)sc23)cc1. The summed E-state index contributed by atoms with van der Waals surface area (Å²) in [6.07, 6.45) is 0. The van der Waals surface area contributed by atoms with Gasteiger partial charge in [-0.1, -0.05) is 72.8 Å². The molecule has 7 rings (SSSR count). The van der Waals surface area contributed by atoms with E-state index in [2.05, 4.69) is 95.7 Å². The Morgan fingerprint density at radius 1 is 0.394 bits per heavy atom. The quantitative estimate of drug-likeness (QED) is 0.220. The van der Waals surface area contributed by atoms with Gasteiger partial charge in [0.2, 0.25) is 0 Å². The molecule has 0 N–H and O–H groups in total. The molecule has 5 heterocycles. The lowest BCUT2D eigenvalue weighted by Crippen LogP contribution is -1.77. The van der Waals surface area contributed by atoms with Gasteiger partial charge in [0.15, 0.2) is 0 Å². The Morgan fingerprint density at radius 3 is 1.24 bits per heavy atom. The van der Waals surface area contributed by atoms with Gasteiger partial charge in [0.1, 0.15) is 0 Å². The van der Waals surface area contributed by atoms with E-state index in [4.69, 9.17) is 0 Å². The van der Waals surface area contributed by atoms with Crippen molar-refractivity contribution in [2.75, 3.05) is 0 Å². The molecule has 7 aromatic rings. The molecule has 158 valence electrons. The van der Waals surface area contributed by atoms with E-state index in [9.17, 15) is 0 Å². The van der Waals surface area contributed by atoms with Gasteiger partial charge < -0.3 is 0 Å². The van der Waals surface area contributed by atoms with Crippen molar-refractivity contribution in [1.29, 1.82) is 0 Å². The molecule has 0 fully saturated rings. The highest BCUT2D eigenvalue weighted by atomic mass is 32.1. The highest BCUT2D eigenvalue weighted by Gasteiger charge is 2.25. The third kappa shape index (κ3) is 3.19. The summed E-state index contributed by atoms with van der Waals surface area (Å²) in [6, 6.07) is 30.6. The molecule has 2 aromatic carbocycles. The normalized spacial score (nSPS) is 11.6. The lowest BCUT2D eigenvalue weighted by Gasteiger charge is -2.04. The van der Waals surface area contributed by atoms with Crippen LogP contribution in [0.1, 0.15) is 0 Å². The summed E-state index contributed by atoms with van der Waals surface area (Å²) in [6.45, 7) is 0. The highest BCUT2D eigenvalue weighted by Crippen LogP contribution is 2.57. The Hall–Kier alpha value is -2.54. The number of rotatable bonds is 4. The largest absolute Gasteiger partial charge is 0.143 e. The Kier molecular flexibility index (Phi) is 4.85. The first-order chi connectivity index (χ1) is 16.4. The maximum atomic E-state index is 2.25. The van der Waals surface area contributed by atoms with Gasteiger partial charge in [-0.2, -0.15) is 0 Å². The predicted molar refractivity (Wildman–Crippen MR) is 153 cm³/mol. The lowest BCUT2D eigenvalue weighted by molar-refractivity contribution is 1.69. The summed E-state index contributed by atoms with van der Waals surface area (Å²) in [5.74, 6) is 0. The third-order valence-electron chi connectivity index (χ3n) is 5.75. The molecule has 0 atom stereocenters. The second-order valence-corrected chi connectivity index (χ2v) is 12.7. The van der Waals surface area contributed by atoms with Crippen LogP contribution in [0.5, 0.6) is 0 Å². The van der Waals surface area contributed by atoms with E-state index in [1.807, 2.05) is 56.7 Å². The predicted octanol–water partition coefficient (Wildman–Crippen LogP) is 11.0. The number of fused-ring (bicyclic) bond motifs is 3. The summed E-state index contributed by atoms with van der Waals surface area (Å²) < 4.78 is 5.71. The first-order valence-corrected chi connectivity index (χ1v) is 14.8. The molecule has 0 unspecified atom stereocenters. The van der Waals surface area contributed by atoms with Crippen LogP contribution < -0.4 is 0 Å². The molecule has 0 amide bonds. The molecule has 0 bridgehead atoms. The number of thiophene rings is 5. The summed E-state index contributed by atoms with van der Waals surface area (Å²) in [5, 5.41) is 4.36. The molecule has 33 heavy (non-hydrogen) atoms. The molecule has 0 spiro atoms. The van der Waals surface area contributed by atoms with Crippen molar-refractivity contribution in [3.8, 4) is 41.8 Å². The topological polar surface area (TPSA) is 0 Å². The van der Waals surface area contributed by atoms with E-state index < -0.39 is 0 Å². The van der Waals surface area contributed by atoms with Crippen molar-refractivity contribution in [1.82, 2.24) is 0 Å². The molecule has 0 radical (unpaired) electrons. The maximum Gasteiger partial charge on any atom is 0.0643 e. The minimum Gasteiger partial charge on any atom is -0.143 e. The van der Waals surface area contributed by atoms with E-state index in [1.165, 1.54) is 60.6 Å². The zero-order chi connectivity index (χ0) is 21.8. The Balaban J connectivity index is 1.59. The Bertz CT molecular complexity index is 1550. The van der Waals surface area contributed by atoms with Gasteiger partial charge >= 0.3 is 0 Å². The van der Waals surface area contributed by atoms with Gasteiger partial charge in [0, 0.05) is 20.9 Å². The summed E-state index contributed by atoms with van der Waals surface area (Å²) in [5.41, 5.74) is 5.40. The molecule has 0 saturated heterocycles. The van der Waals surface area contributed by atoms with E-state index in [0.29, 0.717) is 0 Å². The van der Waals surface area contributed by atoms with E-state index >= 15 is 0 Å². The van der Waals surface area contributed by atoms with Gasteiger partial charge in [-0.05, 0) is 34.0 Å². The molecule has 0 aliphatic rings. The first kappa shape index (κ1) is 19.9. The minimum absolute atomic E-state index is 1.31. The molecular weight excluding hydrogens is 497 g/mol. The second kappa shape index (κ2) is 8.05. The van der Waals surface area contributed by atoms with Crippen LogP contribution in [0.2, 0.25) is 0 Å². The molecule has 5 aromatic heterocycles. The van der Waals surface area contributed by atoms with Crippen molar-refractivity contribution >= 4 is 75.5 Å². The maximum absolute atomic E-state index is 2.25. The number of hydrogen-bond acceptors (Lipinski definition) is 5. The van der Waals surface area contributed by atoms with Crippen LogP contribution in [-0.2, 0) is 0 Å². The molecule has 5 heteroatoms. The molecule has 0 aliphatic heterocycles. The van der Waals surface area contributed by atoms with Crippen LogP contribution in [0.3, 0.4) is 0 Å². The monoisotopic (exact) mass is 512 g/mol. The number of hydrogen-bond donors (Lipinski definition) is 0. The fourth-order valence-electron chi connectivity index (χ4n) is 4.32. The van der Waals surface area contributed by atoms with Gasteiger partial charge in [-0.15, -0.1) is 56.7 Å². The summed E-state index contributed by atoms with van der Waals surface area (Å²) in [4.78, 5) is 5.50. The first-order valence-electron chi connectivity index (χ1n) is 10.6. The van der Waals surface area contributed by atoms with Crippen LogP contribution in [0.4, 0.5) is 0 Å². The molecular formula is C28H16S5. The van der Waals surface area contributed by atoms with Crippen molar-refractivity contribution in [3.05, 3.63) is 95.7 Å². The van der Waals surface area contributed by atoms with Crippen molar-refractivity contribution in [2.24, 2.45) is 0 Å². The molecule has 0 saturated carbocycles.